The lowest BCUT2D eigenvalue weighted by Crippen LogP contribution is -2.47. The fourth-order valence-corrected chi connectivity index (χ4v) is 3.93. The number of piperidine rings is 1. The standard InChI is InChI=1S/C20H25N3O2/c1-3-9-21-17(6-1)13-23-11-5-8-20(16-23)12-19(15-25-20)24-14-18-7-2-4-10-22-18/h1-4,6-7,9-10,19H,5,8,11-16H2/t19-,20+/m0/s1. The first-order valence-corrected chi connectivity index (χ1v) is 9.09. The van der Waals surface area contributed by atoms with Gasteiger partial charge in [-0.05, 0) is 43.7 Å². The van der Waals surface area contributed by atoms with Crippen LogP contribution in [0.4, 0.5) is 0 Å². The Morgan fingerprint density at radius 3 is 2.68 bits per heavy atom. The summed E-state index contributed by atoms with van der Waals surface area (Å²) in [6.45, 7) is 4.21. The van der Waals surface area contributed by atoms with Crippen LogP contribution in [0.15, 0.2) is 48.8 Å². The van der Waals surface area contributed by atoms with E-state index in [-0.39, 0.29) is 11.7 Å². The Kier molecular flexibility index (Phi) is 5.06. The molecular weight excluding hydrogens is 314 g/mol. The highest BCUT2D eigenvalue weighted by molar-refractivity contribution is 5.05. The molecule has 0 N–H and O–H groups in total. The molecule has 0 bridgehead atoms. The molecule has 4 heterocycles. The zero-order chi connectivity index (χ0) is 17.0. The van der Waals surface area contributed by atoms with Gasteiger partial charge in [-0.25, -0.2) is 0 Å². The fourth-order valence-electron chi connectivity index (χ4n) is 3.93. The summed E-state index contributed by atoms with van der Waals surface area (Å²) in [4.78, 5) is 11.2. The Hall–Kier alpha value is -1.82. The molecule has 0 amide bonds. The van der Waals surface area contributed by atoms with Crippen molar-refractivity contribution in [1.29, 1.82) is 0 Å². The third kappa shape index (κ3) is 4.24. The van der Waals surface area contributed by atoms with Crippen LogP contribution in [0.3, 0.4) is 0 Å². The van der Waals surface area contributed by atoms with Gasteiger partial charge in [0.05, 0.1) is 36.3 Å². The molecule has 2 aliphatic heterocycles. The van der Waals surface area contributed by atoms with Crippen LogP contribution in [-0.2, 0) is 22.6 Å². The molecule has 0 aromatic carbocycles. The van der Waals surface area contributed by atoms with Gasteiger partial charge in [0.2, 0.25) is 0 Å². The number of nitrogens with zero attached hydrogens (tertiary/aromatic N) is 3. The molecule has 2 aromatic heterocycles. The predicted octanol–water partition coefficient (Wildman–Crippen LogP) is 2.82. The number of pyridine rings is 2. The van der Waals surface area contributed by atoms with Gasteiger partial charge in [-0.15, -0.1) is 0 Å². The van der Waals surface area contributed by atoms with Gasteiger partial charge >= 0.3 is 0 Å². The van der Waals surface area contributed by atoms with Gasteiger partial charge in [0.25, 0.3) is 0 Å². The topological polar surface area (TPSA) is 47.5 Å². The smallest absolute Gasteiger partial charge is 0.0892 e. The first-order valence-electron chi connectivity index (χ1n) is 9.09. The minimum Gasteiger partial charge on any atom is -0.371 e. The predicted molar refractivity (Wildman–Crippen MR) is 94.9 cm³/mol. The summed E-state index contributed by atoms with van der Waals surface area (Å²) >= 11 is 0. The normalized spacial score (nSPS) is 27.0. The summed E-state index contributed by atoms with van der Waals surface area (Å²) in [5.74, 6) is 0. The molecule has 0 saturated carbocycles. The lowest BCUT2D eigenvalue weighted by Gasteiger charge is -2.39. The Morgan fingerprint density at radius 2 is 1.92 bits per heavy atom. The fraction of sp³-hybridized carbons (Fsp3) is 0.500. The van der Waals surface area contributed by atoms with E-state index in [9.17, 15) is 0 Å². The molecule has 2 atom stereocenters. The molecule has 0 unspecified atom stereocenters. The molecule has 25 heavy (non-hydrogen) atoms. The van der Waals surface area contributed by atoms with Gasteiger partial charge in [-0.3, -0.25) is 14.9 Å². The van der Waals surface area contributed by atoms with E-state index < -0.39 is 0 Å². The van der Waals surface area contributed by atoms with Crippen molar-refractivity contribution < 1.29 is 9.47 Å². The number of likely N-dealkylation sites (tertiary alicyclic amines) is 1. The van der Waals surface area contributed by atoms with Gasteiger partial charge in [-0.1, -0.05) is 12.1 Å². The van der Waals surface area contributed by atoms with E-state index in [1.165, 1.54) is 6.42 Å². The Balaban J connectivity index is 1.31. The maximum Gasteiger partial charge on any atom is 0.0892 e. The summed E-state index contributed by atoms with van der Waals surface area (Å²) in [5.41, 5.74) is 2.05. The van der Waals surface area contributed by atoms with E-state index in [1.54, 1.807) is 0 Å². The van der Waals surface area contributed by atoms with Crippen LogP contribution in [0.1, 0.15) is 30.7 Å². The maximum atomic E-state index is 6.24. The van der Waals surface area contributed by atoms with Crippen LogP contribution in [0, 0.1) is 0 Å². The first kappa shape index (κ1) is 16.6. The van der Waals surface area contributed by atoms with Crippen LogP contribution in [-0.4, -0.2) is 46.3 Å². The van der Waals surface area contributed by atoms with Crippen molar-refractivity contribution >= 4 is 0 Å². The zero-order valence-corrected chi connectivity index (χ0v) is 14.5. The molecule has 4 rings (SSSR count). The van der Waals surface area contributed by atoms with E-state index in [2.05, 4.69) is 27.0 Å². The highest BCUT2D eigenvalue weighted by Gasteiger charge is 2.43. The Labute approximate surface area is 149 Å². The molecule has 2 aliphatic rings. The SMILES string of the molecule is c1ccc(CO[C@@H]2CO[C@]3(CCCN(Cc4ccccn4)C3)C2)nc1. The van der Waals surface area contributed by atoms with Crippen molar-refractivity contribution in [2.45, 2.75) is 44.1 Å². The number of rotatable bonds is 5. The van der Waals surface area contributed by atoms with Crippen LogP contribution < -0.4 is 0 Å². The first-order chi connectivity index (χ1) is 12.3. The third-order valence-corrected chi connectivity index (χ3v) is 5.10. The summed E-state index contributed by atoms with van der Waals surface area (Å²) in [6.07, 6.45) is 7.09. The lowest BCUT2D eigenvalue weighted by molar-refractivity contribution is -0.0550. The largest absolute Gasteiger partial charge is 0.371 e. The summed E-state index contributed by atoms with van der Waals surface area (Å²) < 4.78 is 12.3. The molecule has 1 spiro atoms. The second-order valence-corrected chi connectivity index (χ2v) is 7.09. The van der Waals surface area contributed by atoms with Crippen molar-refractivity contribution in [2.75, 3.05) is 19.7 Å². The highest BCUT2D eigenvalue weighted by atomic mass is 16.6. The van der Waals surface area contributed by atoms with Crippen molar-refractivity contribution in [1.82, 2.24) is 14.9 Å². The minimum atomic E-state index is -0.0538. The summed E-state index contributed by atoms with van der Waals surface area (Å²) in [6, 6.07) is 12.0. The molecule has 5 nitrogen and oxygen atoms in total. The lowest BCUT2D eigenvalue weighted by atomic mass is 9.89. The van der Waals surface area contributed by atoms with Crippen molar-refractivity contribution in [3.05, 3.63) is 60.2 Å². The summed E-state index contributed by atoms with van der Waals surface area (Å²) in [5, 5.41) is 0. The Bertz CT molecular complexity index is 667. The van der Waals surface area contributed by atoms with Crippen molar-refractivity contribution in [3.63, 3.8) is 0 Å². The van der Waals surface area contributed by atoms with Gasteiger partial charge < -0.3 is 9.47 Å². The molecule has 132 valence electrons. The number of ether oxygens (including phenoxy) is 2. The average Bonchev–Trinajstić information content (AvgIpc) is 3.04. The highest BCUT2D eigenvalue weighted by Crippen LogP contribution is 2.36. The van der Waals surface area contributed by atoms with Gasteiger partial charge in [0.1, 0.15) is 0 Å². The number of hydrogen-bond donors (Lipinski definition) is 0. The maximum absolute atomic E-state index is 6.24. The molecular formula is C20H25N3O2. The van der Waals surface area contributed by atoms with Crippen LogP contribution in [0.5, 0.6) is 0 Å². The van der Waals surface area contributed by atoms with E-state index in [4.69, 9.17) is 9.47 Å². The molecule has 2 aromatic rings. The van der Waals surface area contributed by atoms with Crippen LogP contribution in [0.25, 0.3) is 0 Å². The summed E-state index contributed by atoms with van der Waals surface area (Å²) in [7, 11) is 0. The van der Waals surface area contributed by atoms with Crippen molar-refractivity contribution in [3.8, 4) is 0 Å². The van der Waals surface area contributed by atoms with Gasteiger partial charge in [-0.2, -0.15) is 0 Å². The second kappa shape index (κ2) is 7.60. The van der Waals surface area contributed by atoms with E-state index in [1.807, 2.05) is 36.7 Å². The zero-order valence-electron chi connectivity index (χ0n) is 14.5. The third-order valence-electron chi connectivity index (χ3n) is 5.10. The molecule has 0 aliphatic carbocycles. The van der Waals surface area contributed by atoms with Crippen LogP contribution in [0.2, 0.25) is 0 Å². The quantitative estimate of drug-likeness (QED) is 0.838. The van der Waals surface area contributed by atoms with E-state index in [0.29, 0.717) is 13.2 Å². The molecule has 2 saturated heterocycles. The average molecular weight is 339 g/mol. The molecule has 5 heteroatoms. The second-order valence-electron chi connectivity index (χ2n) is 7.09. The number of hydrogen-bond acceptors (Lipinski definition) is 5. The van der Waals surface area contributed by atoms with Crippen molar-refractivity contribution in [2.24, 2.45) is 0 Å². The monoisotopic (exact) mass is 339 g/mol. The van der Waals surface area contributed by atoms with E-state index in [0.717, 1.165) is 43.9 Å². The van der Waals surface area contributed by atoms with Gasteiger partial charge in [0, 0.05) is 31.9 Å². The molecule has 2 fully saturated rings. The van der Waals surface area contributed by atoms with Gasteiger partial charge in [0.15, 0.2) is 0 Å². The molecule has 0 radical (unpaired) electrons. The minimum absolute atomic E-state index is 0.0538. The Morgan fingerprint density at radius 1 is 1.12 bits per heavy atom. The number of aromatic nitrogens is 2. The van der Waals surface area contributed by atoms with E-state index >= 15 is 0 Å². The van der Waals surface area contributed by atoms with Crippen LogP contribution >= 0.6 is 0 Å².